The van der Waals surface area contributed by atoms with Crippen LogP contribution in [0.3, 0.4) is 0 Å². The number of aromatic nitrogens is 3. The van der Waals surface area contributed by atoms with E-state index in [4.69, 9.17) is 4.98 Å². The van der Waals surface area contributed by atoms with Gasteiger partial charge in [-0.3, -0.25) is 9.38 Å². The van der Waals surface area contributed by atoms with Gasteiger partial charge in [0.2, 0.25) is 0 Å². The molecule has 0 aliphatic rings. The van der Waals surface area contributed by atoms with Crippen molar-refractivity contribution in [1.29, 1.82) is 0 Å². The summed E-state index contributed by atoms with van der Waals surface area (Å²) in [7, 11) is 0. The molecule has 1 N–H and O–H groups in total. The fraction of sp³-hybridized carbons (Fsp3) is 0.211. The molecule has 0 saturated carbocycles. The van der Waals surface area contributed by atoms with E-state index in [1.165, 1.54) is 16.7 Å². The lowest BCUT2D eigenvalue weighted by molar-refractivity contribution is 0.477. The second-order valence-corrected chi connectivity index (χ2v) is 12.4. The van der Waals surface area contributed by atoms with Crippen molar-refractivity contribution in [2.45, 2.75) is 52.9 Å². The summed E-state index contributed by atoms with van der Waals surface area (Å²) in [6.45, 7) is 13.3. The van der Waals surface area contributed by atoms with Gasteiger partial charge in [0.25, 0.3) is 0 Å². The Hall–Kier alpha value is -4.70. The summed E-state index contributed by atoms with van der Waals surface area (Å²) >= 11 is 0. The van der Waals surface area contributed by atoms with Gasteiger partial charge in [0.1, 0.15) is 17.1 Å². The standard InChI is InChI=1S/C38H37N3O/c1-24(2)29-15-11-13-25(3)34(29)36-35(31-14-7-8-18-33(31)42)40-37-30(16-12-20-41(36)37)26-21-27(32-17-9-10-19-39-32)23-28(22-26)38(4,5)6/h7-24,42H,1-6H3. The summed E-state index contributed by atoms with van der Waals surface area (Å²) in [4.78, 5) is 9.98. The maximum Gasteiger partial charge on any atom is 0.145 e. The maximum absolute atomic E-state index is 11.0. The third-order valence-corrected chi connectivity index (χ3v) is 8.04. The van der Waals surface area contributed by atoms with Crippen molar-refractivity contribution < 1.29 is 5.11 Å². The Morgan fingerprint density at radius 2 is 1.52 bits per heavy atom. The number of fused-ring (bicyclic) bond motifs is 1. The zero-order valence-corrected chi connectivity index (χ0v) is 25.2. The first kappa shape index (κ1) is 27.5. The third-order valence-electron chi connectivity index (χ3n) is 8.04. The van der Waals surface area contributed by atoms with Crippen LogP contribution in [0.25, 0.3) is 50.5 Å². The zero-order chi connectivity index (χ0) is 29.6. The number of imidazole rings is 1. The fourth-order valence-electron chi connectivity index (χ4n) is 5.79. The summed E-state index contributed by atoms with van der Waals surface area (Å²) in [5.74, 6) is 0.533. The van der Waals surface area contributed by atoms with E-state index < -0.39 is 0 Å². The molecule has 0 amide bonds. The van der Waals surface area contributed by atoms with Gasteiger partial charge in [0.05, 0.1) is 11.4 Å². The lowest BCUT2D eigenvalue weighted by Crippen LogP contribution is -2.11. The molecule has 4 heteroatoms. The largest absolute Gasteiger partial charge is 0.507 e. The molecule has 210 valence electrons. The quantitative estimate of drug-likeness (QED) is 0.232. The van der Waals surface area contributed by atoms with E-state index in [1.807, 2.05) is 36.5 Å². The molecule has 0 radical (unpaired) electrons. The molecule has 0 fully saturated rings. The number of aromatic hydroxyl groups is 1. The number of hydrogen-bond donors (Lipinski definition) is 1. The van der Waals surface area contributed by atoms with Crippen LogP contribution in [0.1, 0.15) is 57.2 Å². The predicted molar refractivity (Wildman–Crippen MR) is 174 cm³/mol. The van der Waals surface area contributed by atoms with Crippen molar-refractivity contribution in [1.82, 2.24) is 14.4 Å². The molecule has 6 aromatic rings. The number of rotatable bonds is 5. The number of phenols is 1. The van der Waals surface area contributed by atoms with Gasteiger partial charge in [-0.1, -0.05) is 77.1 Å². The highest BCUT2D eigenvalue weighted by molar-refractivity contribution is 5.91. The normalized spacial score (nSPS) is 11.9. The summed E-state index contributed by atoms with van der Waals surface area (Å²) in [6, 6.07) is 31.0. The minimum Gasteiger partial charge on any atom is -0.507 e. The number of nitrogens with zero attached hydrogens (tertiary/aromatic N) is 3. The Morgan fingerprint density at radius 1 is 0.786 bits per heavy atom. The SMILES string of the molecule is Cc1cccc(C(C)C)c1-c1c(-c2ccccc2O)nc2c(-c3cc(-c4ccccn4)cc(C(C)(C)C)c3)cccn12. The van der Waals surface area contributed by atoms with Crippen LogP contribution in [0.2, 0.25) is 0 Å². The highest BCUT2D eigenvalue weighted by atomic mass is 16.3. The second kappa shape index (κ2) is 10.6. The zero-order valence-electron chi connectivity index (χ0n) is 25.2. The van der Waals surface area contributed by atoms with E-state index in [0.717, 1.165) is 50.5 Å². The van der Waals surface area contributed by atoms with Gasteiger partial charge >= 0.3 is 0 Å². The monoisotopic (exact) mass is 551 g/mol. The summed E-state index contributed by atoms with van der Waals surface area (Å²) in [6.07, 6.45) is 3.93. The van der Waals surface area contributed by atoms with Gasteiger partial charge < -0.3 is 5.11 Å². The van der Waals surface area contributed by atoms with E-state index in [9.17, 15) is 5.11 Å². The molecule has 0 aliphatic heterocycles. The van der Waals surface area contributed by atoms with Gasteiger partial charge in [-0.2, -0.15) is 0 Å². The van der Waals surface area contributed by atoms with Crippen molar-refractivity contribution in [2.24, 2.45) is 0 Å². The lowest BCUT2D eigenvalue weighted by atomic mass is 9.84. The second-order valence-electron chi connectivity index (χ2n) is 12.4. The topological polar surface area (TPSA) is 50.4 Å². The average Bonchev–Trinajstić information content (AvgIpc) is 3.36. The first-order valence-electron chi connectivity index (χ1n) is 14.6. The first-order chi connectivity index (χ1) is 20.1. The molecule has 0 spiro atoms. The smallest absolute Gasteiger partial charge is 0.145 e. The molecule has 0 bridgehead atoms. The van der Waals surface area contributed by atoms with Crippen molar-refractivity contribution in [3.05, 3.63) is 120 Å². The molecular weight excluding hydrogens is 514 g/mol. The number of benzene rings is 3. The minimum absolute atomic E-state index is 0.0561. The van der Waals surface area contributed by atoms with Crippen LogP contribution in [-0.4, -0.2) is 19.5 Å². The summed E-state index contributed by atoms with van der Waals surface area (Å²) in [5.41, 5.74) is 12.2. The number of hydrogen-bond acceptors (Lipinski definition) is 3. The molecule has 0 atom stereocenters. The molecule has 42 heavy (non-hydrogen) atoms. The number of aryl methyl sites for hydroxylation is 1. The van der Waals surface area contributed by atoms with E-state index in [2.05, 4.69) is 112 Å². The van der Waals surface area contributed by atoms with Crippen LogP contribution in [0.4, 0.5) is 0 Å². The van der Waals surface area contributed by atoms with Crippen molar-refractivity contribution in [3.63, 3.8) is 0 Å². The fourth-order valence-corrected chi connectivity index (χ4v) is 5.79. The summed E-state index contributed by atoms with van der Waals surface area (Å²) in [5, 5.41) is 11.0. The van der Waals surface area contributed by atoms with Gasteiger partial charge in [-0.05, 0) is 89.0 Å². The third kappa shape index (κ3) is 4.87. The molecule has 3 aromatic heterocycles. The van der Waals surface area contributed by atoms with E-state index >= 15 is 0 Å². The Balaban J connectivity index is 1.70. The van der Waals surface area contributed by atoms with Gasteiger partial charge in [0.15, 0.2) is 0 Å². The maximum atomic E-state index is 11.0. The van der Waals surface area contributed by atoms with Crippen LogP contribution in [-0.2, 0) is 5.41 Å². The lowest BCUT2D eigenvalue weighted by Gasteiger charge is -2.21. The molecule has 6 rings (SSSR count). The average molecular weight is 552 g/mol. The number of pyridine rings is 2. The highest BCUT2D eigenvalue weighted by Gasteiger charge is 2.25. The van der Waals surface area contributed by atoms with Crippen LogP contribution in [0.5, 0.6) is 5.75 Å². The van der Waals surface area contributed by atoms with Crippen molar-refractivity contribution in [3.8, 4) is 50.6 Å². The molecule has 4 nitrogen and oxygen atoms in total. The van der Waals surface area contributed by atoms with Crippen LogP contribution in [0.15, 0.2) is 103 Å². The molecule has 0 saturated heterocycles. The Bertz CT molecular complexity index is 1910. The number of phenolic OH excluding ortho intramolecular Hbond substituents is 1. The highest BCUT2D eigenvalue weighted by Crippen LogP contribution is 2.43. The minimum atomic E-state index is -0.0561. The molecule has 3 heterocycles. The van der Waals surface area contributed by atoms with Gasteiger partial charge in [-0.25, -0.2) is 4.98 Å². The Labute approximate surface area is 248 Å². The van der Waals surface area contributed by atoms with Crippen LogP contribution >= 0.6 is 0 Å². The van der Waals surface area contributed by atoms with Gasteiger partial charge in [0, 0.05) is 34.6 Å². The van der Waals surface area contributed by atoms with Gasteiger partial charge in [-0.15, -0.1) is 0 Å². The van der Waals surface area contributed by atoms with E-state index in [1.54, 1.807) is 6.07 Å². The predicted octanol–water partition coefficient (Wildman–Crippen LogP) is 9.83. The summed E-state index contributed by atoms with van der Waals surface area (Å²) < 4.78 is 2.20. The molecular formula is C38H37N3O. The van der Waals surface area contributed by atoms with Crippen LogP contribution in [0, 0.1) is 6.92 Å². The van der Waals surface area contributed by atoms with Crippen molar-refractivity contribution in [2.75, 3.05) is 0 Å². The first-order valence-corrected chi connectivity index (χ1v) is 14.6. The molecule has 0 aliphatic carbocycles. The Morgan fingerprint density at radius 3 is 2.24 bits per heavy atom. The number of para-hydroxylation sites is 1. The molecule has 0 unspecified atom stereocenters. The molecule has 3 aromatic carbocycles. The van der Waals surface area contributed by atoms with Crippen LogP contribution < -0.4 is 0 Å². The van der Waals surface area contributed by atoms with E-state index in [0.29, 0.717) is 5.92 Å². The Kier molecular flexibility index (Phi) is 6.94. The van der Waals surface area contributed by atoms with E-state index in [-0.39, 0.29) is 11.2 Å². The van der Waals surface area contributed by atoms with Crippen molar-refractivity contribution >= 4 is 5.65 Å².